The monoisotopic (exact) mass is 334 g/mol. The number of rotatable bonds is 3. The molecule has 1 aromatic heterocycles. The van der Waals surface area contributed by atoms with Gasteiger partial charge in [0.15, 0.2) is 0 Å². The molecule has 24 heavy (non-hydrogen) atoms. The first-order chi connectivity index (χ1) is 11.7. The Morgan fingerprint density at radius 3 is 2.62 bits per heavy atom. The van der Waals surface area contributed by atoms with Gasteiger partial charge in [0.05, 0.1) is 23.0 Å². The number of hydrogen-bond acceptors (Lipinski definition) is 5. The molecule has 2 heterocycles. The largest absolute Gasteiger partial charge is 0.497 e. The highest BCUT2D eigenvalue weighted by atomic mass is 32.1. The van der Waals surface area contributed by atoms with Crippen LogP contribution in [0.5, 0.6) is 11.6 Å². The minimum Gasteiger partial charge on any atom is -0.497 e. The van der Waals surface area contributed by atoms with Gasteiger partial charge in [-0.3, -0.25) is 0 Å². The van der Waals surface area contributed by atoms with Crippen LogP contribution in [0.2, 0.25) is 0 Å². The summed E-state index contributed by atoms with van der Waals surface area (Å²) in [6.45, 7) is 0. The van der Waals surface area contributed by atoms with E-state index in [0.717, 1.165) is 32.6 Å². The second-order valence-corrected chi connectivity index (χ2v) is 6.35. The van der Waals surface area contributed by atoms with Crippen molar-refractivity contribution in [2.75, 3.05) is 7.11 Å². The lowest BCUT2D eigenvalue weighted by Gasteiger charge is -1.99. The average molecular weight is 334 g/mol. The second kappa shape index (κ2) is 5.94. The zero-order valence-corrected chi connectivity index (χ0v) is 13.7. The van der Waals surface area contributed by atoms with Gasteiger partial charge in [0.1, 0.15) is 10.8 Å². The van der Waals surface area contributed by atoms with Gasteiger partial charge in [-0.2, -0.15) is 0 Å². The van der Waals surface area contributed by atoms with E-state index in [1.165, 1.54) is 11.3 Å². The van der Waals surface area contributed by atoms with Crippen LogP contribution in [0.1, 0.15) is 4.88 Å². The number of aromatic nitrogens is 1. The molecule has 0 bridgehead atoms. The molecule has 0 unspecified atom stereocenters. The Bertz CT molecular complexity index is 1010. The van der Waals surface area contributed by atoms with Crippen LogP contribution in [-0.4, -0.2) is 17.2 Å². The number of ether oxygens (including phenoxy) is 1. The van der Waals surface area contributed by atoms with Crippen molar-refractivity contribution >= 4 is 23.5 Å². The number of aromatic hydroxyl groups is 1. The van der Waals surface area contributed by atoms with E-state index in [1.54, 1.807) is 7.11 Å². The van der Waals surface area contributed by atoms with Crippen molar-refractivity contribution in [2.45, 2.75) is 0 Å². The van der Waals surface area contributed by atoms with Gasteiger partial charge in [-0.25, -0.2) is 9.98 Å². The van der Waals surface area contributed by atoms with Crippen LogP contribution in [-0.2, 0) is 0 Å². The number of para-hydroxylation sites is 1. The van der Waals surface area contributed by atoms with Crippen molar-refractivity contribution in [1.82, 2.24) is 4.98 Å². The van der Waals surface area contributed by atoms with Crippen LogP contribution in [0.15, 0.2) is 59.2 Å². The zero-order chi connectivity index (χ0) is 16.5. The summed E-state index contributed by atoms with van der Waals surface area (Å²) in [4.78, 5) is 9.51. The van der Waals surface area contributed by atoms with Gasteiger partial charge < -0.3 is 9.84 Å². The second-order valence-electron chi connectivity index (χ2n) is 5.32. The third-order valence-corrected chi connectivity index (χ3v) is 4.78. The molecule has 0 atom stereocenters. The highest BCUT2D eigenvalue weighted by Gasteiger charge is 2.11. The molecule has 1 aliphatic rings. The van der Waals surface area contributed by atoms with Crippen molar-refractivity contribution in [3.05, 3.63) is 69.7 Å². The number of allylic oxidation sites excluding steroid dienone is 1. The summed E-state index contributed by atoms with van der Waals surface area (Å²) in [6, 6.07) is 15.6. The average Bonchev–Trinajstić information content (AvgIpc) is 3.18. The number of fused-ring (bicyclic) bond motifs is 1. The quantitative estimate of drug-likeness (QED) is 0.801. The summed E-state index contributed by atoms with van der Waals surface area (Å²) >= 11 is 1.43. The predicted molar refractivity (Wildman–Crippen MR) is 95.4 cm³/mol. The molecule has 118 valence electrons. The molecule has 1 N–H and O–H groups in total. The number of nitrogens with zero attached hydrogens (tertiary/aromatic N) is 2. The van der Waals surface area contributed by atoms with E-state index in [2.05, 4.69) is 9.98 Å². The van der Waals surface area contributed by atoms with Crippen LogP contribution in [0, 0.1) is 0 Å². The molecule has 1 aliphatic heterocycles. The van der Waals surface area contributed by atoms with Crippen molar-refractivity contribution in [3.8, 4) is 22.2 Å². The van der Waals surface area contributed by atoms with Gasteiger partial charge in [-0.15, -0.1) is 11.3 Å². The van der Waals surface area contributed by atoms with Gasteiger partial charge in [0.25, 0.3) is 0 Å². The zero-order valence-electron chi connectivity index (χ0n) is 12.9. The first-order valence-electron chi connectivity index (χ1n) is 7.44. The van der Waals surface area contributed by atoms with Gasteiger partial charge in [-0.1, -0.05) is 18.2 Å². The molecule has 3 aromatic rings. The number of thiazole rings is 1. The molecule has 0 saturated heterocycles. The SMILES string of the molecule is COc1ccc(-c2nc(O)c(C=C3C=c4ccccc4=N3)s2)cc1. The Morgan fingerprint density at radius 1 is 1.08 bits per heavy atom. The third-order valence-electron chi connectivity index (χ3n) is 3.74. The molecule has 0 saturated carbocycles. The van der Waals surface area contributed by atoms with Crippen molar-refractivity contribution in [3.63, 3.8) is 0 Å². The van der Waals surface area contributed by atoms with Gasteiger partial charge in [0, 0.05) is 10.8 Å². The van der Waals surface area contributed by atoms with E-state index in [-0.39, 0.29) is 5.88 Å². The summed E-state index contributed by atoms with van der Waals surface area (Å²) < 4.78 is 5.16. The molecule has 0 fully saturated rings. The van der Waals surface area contributed by atoms with E-state index < -0.39 is 0 Å². The topological polar surface area (TPSA) is 54.7 Å². The van der Waals surface area contributed by atoms with Crippen LogP contribution in [0.4, 0.5) is 0 Å². The standard InChI is InChI=1S/C19H14N2O2S/c1-23-15-8-6-12(7-9-15)19-21-18(22)17(24-19)11-14-10-13-4-2-3-5-16(13)20-14/h2-11,22H,1H3. The minimum absolute atomic E-state index is 0.0258. The Morgan fingerprint density at radius 2 is 1.88 bits per heavy atom. The van der Waals surface area contributed by atoms with Crippen LogP contribution in [0.3, 0.4) is 0 Å². The van der Waals surface area contributed by atoms with Gasteiger partial charge in [0.2, 0.25) is 5.88 Å². The fourth-order valence-corrected chi connectivity index (χ4v) is 3.44. The Kier molecular flexibility index (Phi) is 3.63. The number of methoxy groups -OCH3 is 1. The third kappa shape index (κ3) is 2.70. The molecule has 2 aromatic carbocycles. The summed E-state index contributed by atoms with van der Waals surface area (Å²) in [6.07, 6.45) is 3.86. The van der Waals surface area contributed by atoms with Crippen LogP contribution in [0.25, 0.3) is 22.7 Å². The fourth-order valence-electron chi connectivity index (χ4n) is 2.53. The lowest BCUT2D eigenvalue weighted by Crippen LogP contribution is -2.19. The van der Waals surface area contributed by atoms with Crippen LogP contribution >= 0.6 is 11.3 Å². The predicted octanol–water partition coefficient (Wildman–Crippen LogP) is 2.98. The Balaban J connectivity index is 1.69. The molecule has 0 spiro atoms. The Labute approximate surface area is 142 Å². The van der Waals surface area contributed by atoms with Crippen molar-refractivity contribution < 1.29 is 9.84 Å². The molecule has 4 rings (SSSR count). The summed E-state index contributed by atoms with van der Waals surface area (Å²) in [5, 5.41) is 12.9. The molecular formula is C19H14N2O2S. The van der Waals surface area contributed by atoms with E-state index >= 15 is 0 Å². The molecule has 5 heteroatoms. The van der Waals surface area contributed by atoms with Crippen LogP contribution < -0.4 is 15.3 Å². The van der Waals surface area contributed by atoms with E-state index in [4.69, 9.17) is 4.74 Å². The molecule has 0 amide bonds. The van der Waals surface area contributed by atoms with Gasteiger partial charge in [-0.05, 0) is 42.5 Å². The number of benzene rings is 2. The maximum Gasteiger partial charge on any atom is 0.230 e. The lowest BCUT2D eigenvalue weighted by atomic mass is 10.2. The first kappa shape index (κ1) is 14.7. The highest BCUT2D eigenvalue weighted by molar-refractivity contribution is 7.16. The molecule has 4 nitrogen and oxygen atoms in total. The lowest BCUT2D eigenvalue weighted by molar-refractivity contribution is 0.415. The summed E-state index contributed by atoms with van der Waals surface area (Å²) in [5.74, 6) is 0.817. The van der Waals surface area contributed by atoms with Gasteiger partial charge >= 0.3 is 0 Å². The van der Waals surface area contributed by atoms with Crippen molar-refractivity contribution in [2.24, 2.45) is 4.99 Å². The number of hydrogen-bond donors (Lipinski definition) is 1. The maximum absolute atomic E-state index is 10.1. The minimum atomic E-state index is 0.0258. The van der Waals surface area contributed by atoms with Crippen molar-refractivity contribution in [1.29, 1.82) is 0 Å². The van der Waals surface area contributed by atoms with E-state index in [0.29, 0.717) is 4.88 Å². The smallest absolute Gasteiger partial charge is 0.230 e. The summed E-state index contributed by atoms with van der Waals surface area (Å²) in [5.41, 5.74) is 1.76. The van der Waals surface area contributed by atoms with E-state index in [1.807, 2.05) is 60.7 Å². The first-order valence-corrected chi connectivity index (χ1v) is 8.26. The molecular weight excluding hydrogens is 320 g/mol. The summed E-state index contributed by atoms with van der Waals surface area (Å²) in [7, 11) is 1.63. The molecule has 0 radical (unpaired) electrons. The maximum atomic E-state index is 10.1. The highest BCUT2D eigenvalue weighted by Crippen LogP contribution is 2.34. The fraction of sp³-hybridized carbons (Fsp3) is 0.0526. The normalized spacial score (nSPS) is 14.1. The Hall–Kier alpha value is -2.92. The molecule has 0 aliphatic carbocycles. The van der Waals surface area contributed by atoms with E-state index in [9.17, 15) is 5.11 Å².